The quantitative estimate of drug-likeness (QED) is 0.638. The number of hydrogen-bond acceptors (Lipinski definition) is 6. The van der Waals surface area contributed by atoms with E-state index < -0.39 is 10.0 Å². The number of nitrogens with zero attached hydrogens (tertiary/aromatic N) is 3. The number of amides is 1. The molecule has 7 nitrogen and oxygen atoms in total. The number of anilines is 1. The topological polar surface area (TPSA) is 82.1 Å². The zero-order valence-corrected chi connectivity index (χ0v) is 18.9. The molecule has 0 radical (unpaired) electrons. The Hall–Kier alpha value is -3.01. The van der Waals surface area contributed by atoms with Crippen LogP contribution < -0.4 is 5.32 Å². The fourth-order valence-corrected chi connectivity index (χ4v) is 5.87. The number of benzene rings is 2. The van der Waals surface area contributed by atoms with Crippen LogP contribution in [0.2, 0.25) is 0 Å². The molecule has 2 aromatic carbocycles. The Balaban J connectivity index is 1.21. The minimum Gasteiger partial charge on any atom is -0.339 e. The van der Waals surface area contributed by atoms with Crippen molar-refractivity contribution in [2.24, 2.45) is 4.40 Å². The number of amidine groups is 1. The number of fused-ring (bicyclic) bond motifs is 1. The maximum Gasteiger partial charge on any atom is 0.285 e. The molecular weight excluding hydrogens is 444 g/mol. The van der Waals surface area contributed by atoms with E-state index in [9.17, 15) is 13.2 Å². The largest absolute Gasteiger partial charge is 0.339 e. The summed E-state index contributed by atoms with van der Waals surface area (Å²) in [7, 11) is -3.67. The lowest BCUT2D eigenvalue weighted by molar-refractivity contribution is 0.0629. The second-order valence-electron chi connectivity index (χ2n) is 7.76. The predicted octanol–water partition coefficient (Wildman–Crippen LogP) is 3.27. The van der Waals surface area contributed by atoms with Crippen LogP contribution in [0.5, 0.6) is 0 Å². The van der Waals surface area contributed by atoms with E-state index in [1.807, 2.05) is 4.90 Å². The Labute approximate surface area is 191 Å². The second kappa shape index (κ2) is 8.50. The SMILES string of the molecule is O=C(c1ccc(NC2=NS(=O)(=O)c3ccccc32)cc1)N1CCN(Cc2cccs2)CC1. The molecule has 1 N–H and O–H groups in total. The van der Waals surface area contributed by atoms with E-state index in [1.54, 1.807) is 59.9 Å². The van der Waals surface area contributed by atoms with Gasteiger partial charge in [-0.05, 0) is 47.8 Å². The Morgan fingerprint density at radius 3 is 2.44 bits per heavy atom. The maximum absolute atomic E-state index is 12.9. The molecule has 0 unspecified atom stereocenters. The van der Waals surface area contributed by atoms with Crippen molar-refractivity contribution in [3.63, 3.8) is 0 Å². The highest BCUT2D eigenvalue weighted by molar-refractivity contribution is 7.90. The van der Waals surface area contributed by atoms with E-state index in [4.69, 9.17) is 0 Å². The van der Waals surface area contributed by atoms with Crippen molar-refractivity contribution in [1.82, 2.24) is 9.80 Å². The van der Waals surface area contributed by atoms with E-state index in [1.165, 1.54) is 4.88 Å². The summed E-state index contributed by atoms with van der Waals surface area (Å²) in [6, 6.07) is 18.0. The summed E-state index contributed by atoms with van der Waals surface area (Å²) in [5.74, 6) is 0.306. The third kappa shape index (κ3) is 4.19. The van der Waals surface area contributed by atoms with Crippen LogP contribution in [0.1, 0.15) is 20.8 Å². The maximum atomic E-state index is 12.9. The molecule has 164 valence electrons. The van der Waals surface area contributed by atoms with Crippen LogP contribution in [-0.4, -0.2) is 56.1 Å². The van der Waals surface area contributed by atoms with E-state index in [0.717, 1.165) is 19.6 Å². The highest BCUT2D eigenvalue weighted by atomic mass is 32.2. The molecule has 3 aromatic rings. The first-order valence-corrected chi connectivity index (χ1v) is 12.7. The Bertz CT molecular complexity index is 1260. The molecule has 0 spiro atoms. The minimum atomic E-state index is -3.67. The van der Waals surface area contributed by atoms with Gasteiger partial charge < -0.3 is 10.2 Å². The molecule has 9 heteroatoms. The second-order valence-corrected chi connectivity index (χ2v) is 10.4. The molecule has 0 saturated carbocycles. The molecule has 0 bridgehead atoms. The molecule has 5 rings (SSSR count). The molecule has 32 heavy (non-hydrogen) atoms. The molecule has 1 amide bonds. The number of piperazine rings is 1. The van der Waals surface area contributed by atoms with Gasteiger partial charge in [-0.3, -0.25) is 9.69 Å². The van der Waals surface area contributed by atoms with Crippen LogP contribution in [0.3, 0.4) is 0 Å². The lowest BCUT2D eigenvalue weighted by Gasteiger charge is -2.34. The fraction of sp³-hybridized carbons (Fsp3) is 0.217. The van der Waals surface area contributed by atoms with Gasteiger partial charge in [-0.25, -0.2) is 0 Å². The van der Waals surface area contributed by atoms with Gasteiger partial charge in [0.1, 0.15) is 4.90 Å². The van der Waals surface area contributed by atoms with Gasteiger partial charge in [0.15, 0.2) is 5.84 Å². The van der Waals surface area contributed by atoms with Gasteiger partial charge in [0.05, 0.1) is 0 Å². The zero-order valence-electron chi connectivity index (χ0n) is 17.3. The average Bonchev–Trinajstić information content (AvgIpc) is 3.40. The van der Waals surface area contributed by atoms with Crippen molar-refractivity contribution < 1.29 is 13.2 Å². The number of hydrogen-bond donors (Lipinski definition) is 1. The van der Waals surface area contributed by atoms with E-state index >= 15 is 0 Å². The van der Waals surface area contributed by atoms with Crippen molar-refractivity contribution in [3.05, 3.63) is 82.0 Å². The summed E-state index contributed by atoms with van der Waals surface area (Å²) < 4.78 is 28.3. The van der Waals surface area contributed by atoms with Gasteiger partial charge in [0, 0.05) is 54.4 Å². The van der Waals surface area contributed by atoms with Crippen molar-refractivity contribution in [1.29, 1.82) is 0 Å². The number of rotatable bonds is 4. The first kappa shape index (κ1) is 20.9. The third-order valence-corrected chi connectivity index (χ3v) is 7.84. The van der Waals surface area contributed by atoms with E-state index in [-0.39, 0.29) is 10.8 Å². The molecule has 0 aliphatic carbocycles. The highest BCUT2D eigenvalue weighted by Crippen LogP contribution is 2.27. The summed E-state index contributed by atoms with van der Waals surface area (Å²) >= 11 is 1.76. The fourth-order valence-electron chi connectivity index (χ4n) is 3.94. The third-order valence-electron chi connectivity index (χ3n) is 5.65. The first-order valence-electron chi connectivity index (χ1n) is 10.3. The summed E-state index contributed by atoms with van der Waals surface area (Å²) in [6.45, 7) is 4.06. The average molecular weight is 467 g/mol. The van der Waals surface area contributed by atoms with Crippen LogP contribution >= 0.6 is 11.3 Å². The van der Waals surface area contributed by atoms with Crippen molar-refractivity contribution in [2.45, 2.75) is 11.4 Å². The van der Waals surface area contributed by atoms with Crippen molar-refractivity contribution in [2.75, 3.05) is 31.5 Å². The van der Waals surface area contributed by atoms with Crippen molar-refractivity contribution >= 4 is 38.8 Å². The first-order chi connectivity index (χ1) is 15.5. The molecular formula is C23H22N4O3S2. The minimum absolute atomic E-state index is 0.0125. The standard InChI is InChI=1S/C23H22N4O3S2/c28-23(27-13-11-26(12-14-27)16-19-4-3-15-31-19)17-7-9-18(10-8-17)24-22-20-5-1-2-6-21(20)32(29,30)25-22/h1-10,15H,11-14,16H2,(H,24,25). The van der Waals surface area contributed by atoms with Gasteiger partial charge in [-0.15, -0.1) is 15.7 Å². The van der Waals surface area contributed by atoms with Crippen molar-refractivity contribution in [3.8, 4) is 0 Å². The molecule has 1 aromatic heterocycles. The van der Waals surface area contributed by atoms with E-state index in [2.05, 4.69) is 32.1 Å². The van der Waals surface area contributed by atoms with E-state index in [0.29, 0.717) is 35.7 Å². The molecule has 0 atom stereocenters. The summed E-state index contributed by atoms with van der Waals surface area (Å²) in [4.78, 5) is 18.7. The lowest BCUT2D eigenvalue weighted by atomic mass is 10.1. The lowest BCUT2D eigenvalue weighted by Crippen LogP contribution is -2.48. The van der Waals surface area contributed by atoms with Crippen LogP contribution in [0.25, 0.3) is 0 Å². The van der Waals surface area contributed by atoms with Gasteiger partial charge in [-0.2, -0.15) is 8.42 Å². The van der Waals surface area contributed by atoms with Gasteiger partial charge in [-0.1, -0.05) is 18.2 Å². The van der Waals surface area contributed by atoms with Crippen LogP contribution in [0.15, 0.2) is 75.3 Å². The Kier molecular flexibility index (Phi) is 5.54. The molecule has 1 fully saturated rings. The van der Waals surface area contributed by atoms with Crippen LogP contribution in [0.4, 0.5) is 5.69 Å². The molecule has 2 aliphatic heterocycles. The molecule has 2 aliphatic rings. The number of thiophene rings is 1. The Morgan fingerprint density at radius 2 is 1.72 bits per heavy atom. The van der Waals surface area contributed by atoms with Gasteiger partial charge >= 0.3 is 0 Å². The summed E-state index contributed by atoms with van der Waals surface area (Å²) in [5, 5.41) is 5.15. The zero-order chi connectivity index (χ0) is 22.1. The van der Waals surface area contributed by atoms with Crippen LogP contribution in [-0.2, 0) is 16.6 Å². The predicted molar refractivity (Wildman–Crippen MR) is 126 cm³/mol. The van der Waals surface area contributed by atoms with Crippen LogP contribution in [0, 0.1) is 0 Å². The summed E-state index contributed by atoms with van der Waals surface area (Å²) in [6.07, 6.45) is 0. The van der Waals surface area contributed by atoms with Gasteiger partial charge in [0.2, 0.25) is 0 Å². The number of sulfonamides is 1. The number of nitrogens with one attached hydrogen (secondary N) is 1. The normalized spacial score (nSPS) is 17.6. The summed E-state index contributed by atoms with van der Waals surface area (Å²) in [5.41, 5.74) is 1.84. The monoisotopic (exact) mass is 466 g/mol. The smallest absolute Gasteiger partial charge is 0.285 e. The Morgan fingerprint density at radius 1 is 0.969 bits per heavy atom. The number of carbonyl (C=O) groups is 1. The highest BCUT2D eigenvalue weighted by Gasteiger charge is 2.28. The van der Waals surface area contributed by atoms with Gasteiger partial charge in [0.25, 0.3) is 15.9 Å². The molecule has 1 saturated heterocycles. The molecule has 3 heterocycles. The number of carbonyl (C=O) groups excluding carboxylic acids is 1.